The summed E-state index contributed by atoms with van der Waals surface area (Å²) in [6, 6.07) is 5.47. The van der Waals surface area contributed by atoms with Crippen LogP contribution in [0.2, 0.25) is 10.0 Å². The monoisotopic (exact) mass is 330 g/mol. The highest BCUT2D eigenvalue weighted by Gasteiger charge is 2.13. The lowest BCUT2D eigenvalue weighted by Crippen LogP contribution is -2.12. The number of ether oxygens (including phenoxy) is 1. The van der Waals surface area contributed by atoms with Crippen molar-refractivity contribution in [1.29, 1.82) is 0 Å². The van der Waals surface area contributed by atoms with E-state index in [1.165, 1.54) is 4.88 Å². The maximum atomic E-state index is 6.05. The second kappa shape index (κ2) is 7.38. The summed E-state index contributed by atoms with van der Waals surface area (Å²) in [6.07, 6.45) is 0. The third-order valence-electron chi connectivity index (χ3n) is 2.70. The number of thiazole rings is 1. The fraction of sp³-hybridized carbons (Fsp3) is 0.357. The first-order chi connectivity index (χ1) is 9.63. The van der Waals surface area contributed by atoms with E-state index in [9.17, 15) is 0 Å². The number of methoxy groups -OCH3 is 1. The number of halogens is 2. The van der Waals surface area contributed by atoms with Gasteiger partial charge in [0.15, 0.2) is 0 Å². The van der Waals surface area contributed by atoms with Gasteiger partial charge in [-0.3, -0.25) is 0 Å². The van der Waals surface area contributed by atoms with E-state index in [1.54, 1.807) is 24.5 Å². The molecule has 0 radical (unpaired) electrons. The Bertz CT molecular complexity index is 566. The number of hydrogen-bond donors (Lipinski definition) is 1. The number of nitrogens with zero attached hydrogens (tertiary/aromatic N) is 1. The molecule has 0 spiro atoms. The molecule has 0 amide bonds. The molecule has 1 aromatic heterocycles. The molecule has 0 saturated heterocycles. The predicted octanol–water partition coefficient (Wildman–Crippen LogP) is 4.37. The van der Waals surface area contributed by atoms with Gasteiger partial charge in [-0.25, -0.2) is 4.98 Å². The summed E-state index contributed by atoms with van der Waals surface area (Å²) < 4.78 is 5.21. The van der Waals surface area contributed by atoms with Gasteiger partial charge in [0.25, 0.3) is 0 Å². The van der Waals surface area contributed by atoms with Crippen LogP contribution in [0.3, 0.4) is 0 Å². The van der Waals surface area contributed by atoms with Crippen molar-refractivity contribution < 1.29 is 4.74 Å². The normalized spacial score (nSPS) is 11.0. The Hall–Kier alpha value is -0.650. The number of nitrogens with one attached hydrogen (secondary N) is 1. The van der Waals surface area contributed by atoms with E-state index < -0.39 is 0 Å². The summed E-state index contributed by atoms with van der Waals surface area (Å²) in [7, 11) is 1.67. The molecule has 0 bridgehead atoms. The average Bonchev–Trinajstić information content (AvgIpc) is 2.79. The van der Waals surface area contributed by atoms with Crippen LogP contribution >= 0.6 is 34.5 Å². The zero-order valence-corrected chi connectivity index (χ0v) is 13.7. The third kappa shape index (κ3) is 3.93. The largest absolute Gasteiger partial charge is 0.378 e. The van der Waals surface area contributed by atoms with Crippen LogP contribution in [-0.2, 0) is 17.9 Å². The minimum atomic E-state index is 0.505. The highest BCUT2D eigenvalue weighted by atomic mass is 35.5. The van der Waals surface area contributed by atoms with Crippen molar-refractivity contribution in [1.82, 2.24) is 10.3 Å². The van der Waals surface area contributed by atoms with Crippen LogP contribution in [0.4, 0.5) is 0 Å². The van der Waals surface area contributed by atoms with E-state index in [0.717, 1.165) is 29.4 Å². The van der Waals surface area contributed by atoms with Gasteiger partial charge in [0, 0.05) is 34.1 Å². The lowest BCUT2D eigenvalue weighted by Gasteiger charge is -2.00. The molecule has 0 atom stereocenters. The van der Waals surface area contributed by atoms with Crippen LogP contribution < -0.4 is 5.32 Å². The Morgan fingerprint density at radius 1 is 1.25 bits per heavy atom. The molecule has 0 saturated carbocycles. The number of hydrogen-bond acceptors (Lipinski definition) is 4. The highest BCUT2D eigenvalue weighted by Crippen LogP contribution is 2.32. The lowest BCUT2D eigenvalue weighted by atomic mass is 10.2. The Morgan fingerprint density at radius 2 is 1.95 bits per heavy atom. The molecule has 0 aliphatic heterocycles. The molecule has 1 aromatic carbocycles. The van der Waals surface area contributed by atoms with Crippen LogP contribution in [0.1, 0.15) is 17.5 Å². The van der Waals surface area contributed by atoms with Crippen LogP contribution in [-0.4, -0.2) is 18.6 Å². The van der Waals surface area contributed by atoms with Crippen molar-refractivity contribution in [3.8, 4) is 10.6 Å². The van der Waals surface area contributed by atoms with Crippen molar-refractivity contribution in [3.63, 3.8) is 0 Å². The summed E-state index contributed by atoms with van der Waals surface area (Å²) in [5.41, 5.74) is 1.90. The van der Waals surface area contributed by atoms with Gasteiger partial charge in [-0.05, 0) is 24.7 Å². The number of aromatic nitrogens is 1. The van der Waals surface area contributed by atoms with E-state index in [-0.39, 0.29) is 0 Å². The van der Waals surface area contributed by atoms with Gasteiger partial charge in [-0.1, -0.05) is 30.1 Å². The van der Waals surface area contributed by atoms with Crippen molar-refractivity contribution >= 4 is 34.5 Å². The van der Waals surface area contributed by atoms with E-state index in [1.807, 2.05) is 12.1 Å². The molecule has 2 aromatic rings. The summed E-state index contributed by atoms with van der Waals surface area (Å²) in [5, 5.41) is 5.46. The molecule has 20 heavy (non-hydrogen) atoms. The maximum absolute atomic E-state index is 6.05. The van der Waals surface area contributed by atoms with Gasteiger partial charge < -0.3 is 10.1 Å². The van der Waals surface area contributed by atoms with Gasteiger partial charge >= 0.3 is 0 Å². The molecule has 0 fully saturated rings. The van der Waals surface area contributed by atoms with Crippen molar-refractivity contribution in [2.75, 3.05) is 13.7 Å². The summed E-state index contributed by atoms with van der Waals surface area (Å²) >= 11 is 13.7. The van der Waals surface area contributed by atoms with Crippen molar-refractivity contribution in [3.05, 3.63) is 38.8 Å². The van der Waals surface area contributed by atoms with Gasteiger partial charge in [-0.15, -0.1) is 11.3 Å². The van der Waals surface area contributed by atoms with Crippen LogP contribution in [0.5, 0.6) is 0 Å². The first-order valence-corrected chi connectivity index (χ1v) is 7.86. The van der Waals surface area contributed by atoms with Gasteiger partial charge in [0.05, 0.1) is 12.3 Å². The number of rotatable bonds is 6. The van der Waals surface area contributed by atoms with Gasteiger partial charge in [0.2, 0.25) is 0 Å². The maximum Gasteiger partial charge on any atom is 0.124 e. The number of benzene rings is 1. The van der Waals surface area contributed by atoms with Gasteiger partial charge in [-0.2, -0.15) is 0 Å². The van der Waals surface area contributed by atoms with Crippen LogP contribution in [0, 0.1) is 0 Å². The molecule has 2 rings (SSSR count). The van der Waals surface area contributed by atoms with E-state index in [4.69, 9.17) is 27.9 Å². The topological polar surface area (TPSA) is 34.2 Å². The van der Waals surface area contributed by atoms with E-state index >= 15 is 0 Å². The lowest BCUT2D eigenvalue weighted by molar-refractivity contribution is 0.181. The summed E-state index contributed by atoms with van der Waals surface area (Å²) in [5.74, 6) is 0. The van der Waals surface area contributed by atoms with Crippen LogP contribution in [0.15, 0.2) is 18.2 Å². The molecule has 1 N–H and O–H groups in total. The first-order valence-electron chi connectivity index (χ1n) is 6.28. The minimum absolute atomic E-state index is 0.505. The first kappa shape index (κ1) is 15.7. The van der Waals surface area contributed by atoms with Gasteiger partial charge in [0.1, 0.15) is 5.01 Å². The molecule has 6 heteroatoms. The Balaban J connectivity index is 2.35. The van der Waals surface area contributed by atoms with E-state index in [0.29, 0.717) is 16.7 Å². The molecular formula is C14H16Cl2N2OS. The predicted molar refractivity (Wildman–Crippen MR) is 85.7 cm³/mol. The Kier molecular flexibility index (Phi) is 5.81. The molecular weight excluding hydrogens is 315 g/mol. The Labute approximate surface area is 132 Å². The molecule has 108 valence electrons. The quantitative estimate of drug-likeness (QED) is 0.853. The Morgan fingerprint density at radius 3 is 2.55 bits per heavy atom. The van der Waals surface area contributed by atoms with Crippen LogP contribution in [0.25, 0.3) is 10.6 Å². The van der Waals surface area contributed by atoms with E-state index in [2.05, 4.69) is 17.2 Å². The third-order valence-corrected chi connectivity index (χ3v) is 4.29. The summed E-state index contributed by atoms with van der Waals surface area (Å²) in [4.78, 5) is 5.82. The minimum Gasteiger partial charge on any atom is -0.378 e. The second-order valence-electron chi connectivity index (χ2n) is 4.26. The molecule has 0 unspecified atom stereocenters. The van der Waals surface area contributed by atoms with Crippen molar-refractivity contribution in [2.24, 2.45) is 0 Å². The smallest absolute Gasteiger partial charge is 0.124 e. The fourth-order valence-electron chi connectivity index (χ4n) is 1.81. The van der Waals surface area contributed by atoms with Crippen molar-refractivity contribution in [2.45, 2.75) is 20.1 Å². The molecule has 1 heterocycles. The summed E-state index contributed by atoms with van der Waals surface area (Å²) in [6.45, 7) is 4.30. The average molecular weight is 331 g/mol. The second-order valence-corrected chi connectivity index (χ2v) is 6.22. The zero-order chi connectivity index (χ0) is 14.5. The zero-order valence-electron chi connectivity index (χ0n) is 11.4. The fourth-order valence-corrected chi connectivity index (χ4v) is 3.36. The standard InChI is InChI=1S/C14H16Cl2N2OS/c1-3-17-7-13-12(8-19-2)18-14(20-13)9-4-10(15)6-11(16)5-9/h4-6,17H,3,7-8H2,1-2H3. The molecule has 0 aliphatic rings. The molecule has 3 nitrogen and oxygen atoms in total. The highest BCUT2D eigenvalue weighted by molar-refractivity contribution is 7.15. The molecule has 0 aliphatic carbocycles. The SMILES string of the molecule is CCNCc1sc(-c2cc(Cl)cc(Cl)c2)nc1COC.